The number of carbonyl (C=O) groups is 3. The Morgan fingerprint density at radius 3 is 2.18 bits per heavy atom. The molecule has 1 amide bonds. The Balaban J connectivity index is 1.86. The first-order chi connectivity index (χ1) is 13.1. The van der Waals surface area contributed by atoms with Gasteiger partial charge in [0.15, 0.2) is 12.4 Å². The average molecular weight is 444 g/mol. The summed E-state index contributed by atoms with van der Waals surface area (Å²) >= 11 is 3.34. The number of benzene rings is 2. The van der Waals surface area contributed by atoms with Crippen LogP contribution in [0.1, 0.15) is 36.7 Å². The molecule has 0 heterocycles. The van der Waals surface area contributed by atoms with Crippen LogP contribution in [0, 0.1) is 5.41 Å². The quantitative estimate of drug-likeness (QED) is 0.392. The van der Waals surface area contributed by atoms with E-state index in [2.05, 4.69) is 21.2 Å². The van der Waals surface area contributed by atoms with E-state index in [0.29, 0.717) is 11.3 Å². The predicted octanol–water partition coefficient (Wildman–Crippen LogP) is 4.87. The van der Waals surface area contributed by atoms with E-state index in [9.17, 15) is 14.4 Å². The maximum absolute atomic E-state index is 12.2. The highest BCUT2D eigenvalue weighted by molar-refractivity contribution is 9.10. The Kier molecular flexibility index (Phi) is 7.29. The number of amides is 1. The summed E-state index contributed by atoms with van der Waals surface area (Å²) in [4.78, 5) is 35.9. The lowest BCUT2D eigenvalue weighted by molar-refractivity contribution is -0.136. The van der Waals surface area contributed by atoms with Crippen molar-refractivity contribution in [3.05, 3.63) is 70.2 Å². The second kappa shape index (κ2) is 9.46. The van der Waals surface area contributed by atoms with Crippen molar-refractivity contribution in [3.8, 4) is 0 Å². The summed E-state index contributed by atoms with van der Waals surface area (Å²) in [5.41, 5.74) is 1.34. The lowest BCUT2D eigenvalue weighted by atomic mass is 9.95. The van der Waals surface area contributed by atoms with Crippen LogP contribution in [-0.4, -0.2) is 24.3 Å². The van der Waals surface area contributed by atoms with Crippen molar-refractivity contribution in [3.63, 3.8) is 0 Å². The molecule has 0 radical (unpaired) electrons. The Bertz CT molecular complexity index is 878. The minimum absolute atomic E-state index is 0.113. The summed E-state index contributed by atoms with van der Waals surface area (Å²) in [6.45, 7) is 5.11. The number of halogens is 1. The van der Waals surface area contributed by atoms with Gasteiger partial charge in [-0.2, -0.15) is 0 Å². The van der Waals surface area contributed by atoms with Gasteiger partial charge in [-0.1, -0.05) is 48.8 Å². The third-order valence-electron chi connectivity index (χ3n) is 3.77. The van der Waals surface area contributed by atoms with Gasteiger partial charge in [0.05, 0.1) is 0 Å². The normalized spacial score (nSPS) is 11.3. The molecule has 2 aromatic carbocycles. The average Bonchev–Trinajstić information content (AvgIpc) is 2.65. The molecule has 0 bridgehead atoms. The zero-order valence-electron chi connectivity index (χ0n) is 16.0. The molecule has 0 spiro atoms. The molecule has 0 atom stereocenters. The molecule has 0 aliphatic carbocycles. The minimum atomic E-state index is -0.592. The van der Waals surface area contributed by atoms with Gasteiger partial charge >= 0.3 is 5.97 Å². The molecule has 0 unspecified atom stereocenters. The lowest BCUT2D eigenvalue weighted by Gasteiger charge is -2.17. The molecule has 0 saturated heterocycles. The molecule has 2 rings (SSSR count). The largest absolute Gasteiger partial charge is 0.454 e. The van der Waals surface area contributed by atoms with E-state index >= 15 is 0 Å². The number of rotatable bonds is 6. The van der Waals surface area contributed by atoms with Gasteiger partial charge in [-0.3, -0.25) is 9.59 Å². The minimum Gasteiger partial charge on any atom is -0.454 e. The smallest absolute Gasteiger partial charge is 0.331 e. The van der Waals surface area contributed by atoms with Gasteiger partial charge in [-0.15, -0.1) is 0 Å². The summed E-state index contributed by atoms with van der Waals surface area (Å²) in [6, 6.07) is 13.9. The predicted molar refractivity (Wildman–Crippen MR) is 113 cm³/mol. The van der Waals surface area contributed by atoms with Crippen molar-refractivity contribution < 1.29 is 19.1 Å². The van der Waals surface area contributed by atoms with E-state index in [1.54, 1.807) is 30.3 Å². The molecule has 0 saturated carbocycles. The molecule has 1 N–H and O–H groups in total. The van der Waals surface area contributed by atoms with Crippen molar-refractivity contribution in [1.29, 1.82) is 0 Å². The number of hydrogen-bond acceptors (Lipinski definition) is 4. The van der Waals surface area contributed by atoms with Crippen LogP contribution in [-0.2, 0) is 14.3 Å². The first-order valence-electron chi connectivity index (χ1n) is 8.70. The lowest BCUT2D eigenvalue weighted by Crippen LogP contribution is -2.27. The molecule has 0 fully saturated rings. The van der Waals surface area contributed by atoms with Crippen LogP contribution in [0.15, 0.2) is 59.1 Å². The van der Waals surface area contributed by atoms with Crippen LogP contribution in [0.4, 0.5) is 5.69 Å². The molecular formula is C22H22BrNO4. The summed E-state index contributed by atoms with van der Waals surface area (Å²) in [6.07, 6.45) is 2.90. The second-order valence-electron chi connectivity index (χ2n) is 7.20. The number of Topliss-reactive ketones (excluding diaryl/α,β-unsaturated/α-hetero) is 1. The van der Waals surface area contributed by atoms with E-state index < -0.39 is 11.4 Å². The molecule has 0 aliphatic rings. The molecule has 0 aliphatic heterocycles. The fraction of sp³-hybridized carbons (Fsp3) is 0.227. The third-order valence-corrected chi connectivity index (χ3v) is 4.30. The number of ketones is 1. The Labute approximate surface area is 172 Å². The van der Waals surface area contributed by atoms with Gasteiger partial charge in [-0.25, -0.2) is 4.79 Å². The molecule has 146 valence electrons. The Hall–Kier alpha value is -2.73. The molecule has 2 aromatic rings. The summed E-state index contributed by atoms with van der Waals surface area (Å²) in [7, 11) is 0. The molecule has 6 heteroatoms. The van der Waals surface area contributed by atoms with E-state index in [1.165, 1.54) is 6.08 Å². The standard InChI is InChI=1S/C22H22BrNO4/c1-22(2,3)21(27)24-18-11-7-16(8-12-18)19(25)14-28-20(26)13-6-15-4-9-17(23)10-5-15/h4-13H,14H2,1-3H3,(H,24,27). The van der Waals surface area contributed by atoms with Crippen LogP contribution < -0.4 is 5.32 Å². The summed E-state index contributed by atoms with van der Waals surface area (Å²) in [5.74, 6) is -1.03. The number of hydrogen-bond donors (Lipinski definition) is 1. The van der Waals surface area contributed by atoms with Crippen LogP contribution in [0.3, 0.4) is 0 Å². The van der Waals surface area contributed by atoms with Gasteiger partial charge in [0.2, 0.25) is 5.91 Å². The van der Waals surface area contributed by atoms with Gasteiger partial charge in [-0.05, 0) is 48.0 Å². The number of carbonyl (C=O) groups excluding carboxylic acids is 3. The third kappa shape index (κ3) is 6.78. The fourth-order valence-corrected chi connectivity index (χ4v) is 2.33. The fourth-order valence-electron chi connectivity index (χ4n) is 2.06. The van der Waals surface area contributed by atoms with Gasteiger partial charge in [0, 0.05) is 27.2 Å². The number of esters is 1. The maximum atomic E-state index is 12.2. The van der Waals surface area contributed by atoms with Gasteiger partial charge in [0.1, 0.15) is 0 Å². The number of ether oxygens (including phenoxy) is 1. The summed E-state index contributed by atoms with van der Waals surface area (Å²) in [5, 5.41) is 2.79. The highest BCUT2D eigenvalue weighted by atomic mass is 79.9. The first-order valence-corrected chi connectivity index (χ1v) is 9.49. The Morgan fingerprint density at radius 2 is 1.61 bits per heavy atom. The molecular weight excluding hydrogens is 422 g/mol. The van der Waals surface area contributed by atoms with Crippen molar-refractivity contribution >= 4 is 45.4 Å². The van der Waals surface area contributed by atoms with Crippen LogP contribution in [0.25, 0.3) is 6.08 Å². The van der Waals surface area contributed by atoms with Crippen molar-refractivity contribution in [1.82, 2.24) is 0 Å². The highest BCUT2D eigenvalue weighted by Crippen LogP contribution is 2.18. The van der Waals surface area contributed by atoms with Crippen molar-refractivity contribution in [2.75, 3.05) is 11.9 Å². The van der Waals surface area contributed by atoms with Gasteiger partial charge < -0.3 is 10.1 Å². The first kappa shape index (κ1) is 21.6. The Morgan fingerprint density at radius 1 is 1.00 bits per heavy atom. The topological polar surface area (TPSA) is 72.5 Å². The summed E-state index contributed by atoms with van der Waals surface area (Å²) < 4.78 is 5.94. The number of nitrogens with one attached hydrogen (secondary N) is 1. The van der Waals surface area contributed by atoms with E-state index in [1.807, 2.05) is 45.0 Å². The number of anilines is 1. The van der Waals surface area contributed by atoms with Crippen LogP contribution in [0.2, 0.25) is 0 Å². The van der Waals surface area contributed by atoms with E-state index in [0.717, 1.165) is 10.0 Å². The van der Waals surface area contributed by atoms with E-state index in [-0.39, 0.29) is 18.3 Å². The SMILES string of the molecule is CC(C)(C)C(=O)Nc1ccc(C(=O)COC(=O)C=Cc2ccc(Br)cc2)cc1. The van der Waals surface area contributed by atoms with Crippen molar-refractivity contribution in [2.24, 2.45) is 5.41 Å². The monoisotopic (exact) mass is 443 g/mol. The molecule has 28 heavy (non-hydrogen) atoms. The zero-order chi connectivity index (χ0) is 20.7. The van der Waals surface area contributed by atoms with Gasteiger partial charge in [0.25, 0.3) is 0 Å². The maximum Gasteiger partial charge on any atom is 0.331 e. The van der Waals surface area contributed by atoms with Crippen molar-refractivity contribution in [2.45, 2.75) is 20.8 Å². The zero-order valence-corrected chi connectivity index (χ0v) is 17.6. The van der Waals surface area contributed by atoms with E-state index in [4.69, 9.17) is 4.74 Å². The highest BCUT2D eigenvalue weighted by Gasteiger charge is 2.21. The van der Waals surface area contributed by atoms with Crippen LogP contribution >= 0.6 is 15.9 Å². The molecule has 5 nitrogen and oxygen atoms in total. The second-order valence-corrected chi connectivity index (χ2v) is 8.11. The molecule has 0 aromatic heterocycles. The van der Waals surface area contributed by atoms with Crippen LogP contribution in [0.5, 0.6) is 0 Å².